The molecule has 0 saturated carbocycles. The van der Waals surface area contributed by atoms with Crippen molar-refractivity contribution in [3.05, 3.63) is 52.6 Å². The first kappa shape index (κ1) is 26.8. The van der Waals surface area contributed by atoms with E-state index < -0.39 is 0 Å². The number of fused-ring (bicyclic) bond motifs is 1. The van der Waals surface area contributed by atoms with Crippen LogP contribution in [0.3, 0.4) is 0 Å². The first-order chi connectivity index (χ1) is 17.9. The van der Waals surface area contributed by atoms with Gasteiger partial charge in [-0.2, -0.15) is 0 Å². The van der Waals surface area contributed by atoms with Crippen LogP contribution in [0.1, 0.15) is 77.3 Å². The highest BCUT2D eigenvalue weighted by Gasteiger charge is 2.28. The fourth-order valence-electron chi connectivity index (χ4n) is 5.06. The van der Waals surface area contributed by atoms with Crippen molar-refractivity contribution >= 4 is 11.8 Å². The van der Waals surface area contributed by atoms with Gasteiger partial charge >= 0.3 is 0 Å². The van der Waals surface area contributed by atoms with Crippen molar-refractivity contribution in [3.8, 4) is 17.2 Å². The van der Waals surface area contributed by atoms with E-state index in [0.29, 0.717) is 26.2 Å². The fraction of sp³-hybridized carbons (Fsp3) is 0.517. The zero-order chi connectivity index (χ0) is 26.4. The van der Waals surface area contributed by atoms with E-state index in [2.05, 4.69) is 4.90 Å². The van der Waals surface area contributed by atoms with Crippen molar-refractivity contribution < 1.29 is 24.5 Å². The zero-order valence-electron chi connectivity index (χ0n) is 22.0. The lowest BCUT2D eigenvalue weighted by Crippen LogP contribution is -2.31. The van der Waals surface area contributed by atoms with Crippen LogP contribution < -0.4 is 4.74 Å². The minimum absolute atomic E-state index is 0.00651. The molecule has 2 aliphatic heterocycles. The highest BCUT2D eigenvalue weighted by atomic mass is 16.5. The summed E-state index contributed by atoms with van der Waals surface area (Å²) in [7, 11) is 1.66. The van der Waals surface area contributed by atoms with E-state index in [1.165, 1.54) is 43.3 Å². The number of likely N-dealkylation sites (tertiary alicyclic amines) is 1. The highest BCUT2D eigenvalue weighted by Crippen LogP contribution is 2.33. The SMILES string of the molecule is CCCCN(C)C(=O)c1cc(C(=O)N2Cc3ccc(OCCCN4CCCCC4)cc3C2)c(O)cc1O. The largest absolute Gasteiger partial charge is 0.507 e. The molecule has 8 heteroatoms. The van der Waals surface area contributed by atoms with E-state index in [-0.39, 0.29) is 34.4 Å². The summed E-state index contributed by atoms with van der Waals surface area (Å²) in [5.41, 5.74) is 2.06. The third-order valence-electron chi connectivity index (χ3n) is 7.29. The number of hydrogen-bond acceptors (Lipinski definition) is 6. The Kier molecular flexibility index (Phi) is 8.92. The Balaban J connectivity index is 1.38. The van der Waals surface area contributed by atoms with Crippen LogP contribution in [0.5, 0.6) is 17.2 Å². The van der Waals surface area contributed by atoms with E-state index in [0.717, 1.165) is 48.8 Å². The number of ether oxygens (including phenoxy) is 1. The average Bonchev–Trinajstić information content (AvgIpc) is 3.33. The second-order valence-electron chi connectivity index (χ2n) is 10.2. The van der Waals surface area contributed by atoms with Crippen LogP contribution in [0.15, 0.2) is 30.3 Å². The lowest BCUT2D eigenvalue weighted by molar-refractivity contribution is 0.0748. The number of nitrogens with zero attached hydrogens (tertiary/aromatic N) is 3. The summed E-state index contributed by atoms with van der Waals surface area (Å²) in [5, 5.41) is 20.7. The van der Waals surface area contributed by atoms with Gasteiger partial charge in [-0.1, -0.05) is 25.8 Å². The normalized spacial score (nSPS) is 15.5. The first-order valence-corrected chi connectivity index (χ1v) is 13.4. The fourth-order valence-corrected chi connectivity index (χ4v) is 5.06. The molecule has 0 aliphatic carbocycles. The van der Waals surface area contributed by atoms with Crippen molar-refractivity contribution in [3.63, 3.8) is 0 Å². The molecule has 4 rings (SSSR count). The van der Waals surface area contributed by atoms with E-state index >= 15 is 0 Å². The third-order valence-corrected chi connectivity index (χ3v) is 7.29. The van der Waals surface area contributed by atoms with Gasteiger partial charge in [0.1, 0.15) is 17.2 Å². The minimum Gasteiger partial charge on any atom is -0.507 e. The molecule has 1 saturated heterocycles. The smallest absolute Gasteiger partial charge is 0.258 e. The standard InChI is InChI=1S/C29H39N3O5/c1-3-4-11-30(2)28(35)24-17-25(27(34)18-26(24)33)29(36)32-19-21-9-10-23(16-22(21)20-32)37-15-8-14-31-12-6-5-7-13-31/h9-10,16-18,33-34H,3-8,11-15,19-20H2,1-2H3. The molecule has 37 heavy (non-hydrogen) atoms. The van der Waals surface area contributed by atoms with Gasteiger partial charge in [-0.3, -0.25) is 9.59 Å². The van der Waals surface area contributed by atoms with E-state index in [1.54, 1.807) is 11.9 Å². The molecular weight excluding hydrogens is 470 g/mol. The Morgan fingerprint density at radius 1 is 0.946 bits per heavy atom. The summed E-state index contributed by atoms with van der Waals surface area (Å²) >= 11 is 0. The number of carbonyl (C=O) groups excluding carboxylic acids is 2. The van der Waals surface area contributed by atoms with Gasteiger partial charge in [0.2, 0.25) is 0 Å². The maximum Gasteiger partial charge on any atom is 0.258 e. The summed E-state index contributed by atoms with van der Waals surface area (Å²) in [6.45, 7) is 7.46. The van der Waals surface area contributed by atoms with Gasteiger partial charge in [-0.15, -0.1) is 0 Å². The van der Waals surface area contributed by atoms with Crippen molar-refractivity contribution in [1.29, 1.82) is 0 Å². The number of unbranched alkanes of at least 4 members (excludes halogenated alkanes) is 1. The van der Waals surface area contributed by atoms with Gasteiger partial charge in [-0.05, 0) is 68.1 Å². The van der Waals surface area contributed by atoms with Gasteiger partial charge in [0, 0.05) is 39.3 Å². The van der Waals surface area contributed by atoms with Crippen molar-refractivity contribution in [1.82, 2.24) is 14.7 Å². The lowest BCUT2D eigenvalue weighted by Gasteiger charge is -2.26. The van der Waals surface area contributed by atoms with E-state index in [4.69, 9.17) is 4.74 Å². The molecule has 0 bridgehead atoms. The van der Waals surface area contributed by atoms with Crippen LogP contribution in [0, 0.1) is 0 Å². The molecule has 2 heterocycles. The van der Waals surface area contributed by atoms with Crippen LogP contribution in [0.2, 0.25) is 0 Å². The van der Waals surface area contributed by atoms with Gasteiger partial charge < -0.3 is 29.6 Å². The maximum absolute atomic E-state index is 13.3. The Bertz CT molecular complexity index is 1110. The molecule has 200 valence electrons. The van der Waals surface area contributed by atoms with Crippen LogP contribution >= 0.6 is 0 Å². The van der Waals surface area contributed by atoms with Crippen LogP contribution in [-0.2, 0) is 13.1 Å². The van der Waals surface area contributed by atoms with E-state index in [9.17, 15) is 19.8 Å². The number of amides is 2. The molecule has 0 radical (unpaired) electrons. The number of rotatable bonds is 10. The quantitative estimate of drug-likeness (QED) is 0.462. The second kappa shape index (κ2) is 12.3. The number of piperidine rings is 1. The maximum atomic E-state index is 13.3. The molecule has 0 unspecified atom stereocenters. The van der Waals surface area contributed by atoms with E-state index in [1.807, 2.05) is 25.1 Å². The van der Waals surface area contributed by atoms with Crippen LogP contribution in [0.4, 0.5) is 0 Å². The lowest BCUT2D eigenvalue weighted by atomic mass is 10.1. The Morgan fingerprint density at radius 3 is 2.43 bits per heavy atom. The summed E-state index contributed by atoms with van der Waals surface area (Å²) in [6, 6.07) is 8.29. The van der Waals surface area contributed by atoms with Gasteiger partial charge in [-0.25, -0.2) is 0 Å². The number of carbonyl (C=O) groups is 2. The van der Waals surface area contributed by atoms with Crippen LogP contribution in [-0.4, -0.2) is 76.6 Å². The van der Waals surface area contributed by atoms with Crippen LogP contribution in [0.25, 0.3) is 0 Å². The summed E-state index contributed by atoms with van der Waals surface area (Å²) in [5.74, 6) is -0.657. The second-order valence-corrected chi connectivity index (χ2v) is 10.2. The predicted octanol–water partition coefficient (Wildman–Crippen LogP) is 4.38. The monoisotopic (exact) mass is 509 g/mol. The number of aromatic hydroxyl groups is 2. The Morgan fingerprint density at radius 2 is 1.68 bits per heavy atom. The summed E-state index contributed by atoms with van der Waals surface area (Å²) in [6.07, 6.45) is 6.67. The topological polar surface area (TPSA) is 93.6 Å². The summed E-state index contributed by atoms with van der Waals surface area (Å²) < 4.78 is 5.99. The molecule has 2 aromatic rings. The molecule has 2 aliphatic rings. The van der Waals surface area contributed by atoms with Gasteiger partial charge in [0.15, 0.2) is 0 Å². The first-order valence-electron chi connectivity index (χ1n) is 13.4. The molecule has 1 fully saturated rings. The number of phenols is 2. The molecule has 0 aromatic heterocycles. The van der Waals surface area contributed by atoms with Crippen molar-refractivity contribution in [2.75, 3.05) is 39.8 Å². The number of phenolic OH excluding ortho intramolecular Hbond substituents is 2. The van der Waals surface area contributed by atoms with Gasteiger partial charge in [0.25, 0.3) is 11.8 Å². The predicted molar refractivity (Wildman–Crippen MR) is 142 cm³/mol. The molecule has 2 N–H and O–H groups in total. The Labute approximate surface area is 219 Å². The van der Waals surface area contributed by atoms with Crippen molar-refractivity contribution in [2.24, 2.45) is 0 Å². The van der Waals surface area contributed by atoms with Crippen molar-refractivity contribution in [2.45, 2.75) is 58.5 Å². The zero-order valence-corrected chi connectivity index (χ0v) is 22.0. The summed E-state index contributed by atoms with van der Waals surface area (Å²) in [4.78, 5) is 31.8. The molecule has 8 nitrogen and oxygen atoms in total. The molecule has 2 aromatic carbocycles. The molecule has 2 amide bonds. The third kappa shape index (κ3) is 6.55. The Hall–Kier alpha value is -3.26. The average molecular weight is 510 g/mol. The molecule has 0 spiro atoms. The number of benzene rings is 2. The molecule has 0 atom stereocenters. The number of hydrogen-bond donors (Lipinski definition) is 2. The van der Waals surface area contributed by atoms with Gasteiger partial charge in [0.05, 0.1) is 17.7 Å². The minimum atomic E-state index is -0.386. The molecular formula is C29H39N3O5. The highest BCUT2D eigenvalue weighted by molar-refractivity contribution is 6.03.